The molecule has 0 radical (unpaired) electrons. The number of aromatic nitrogens is 2. The summed E-state index contributed by atoms with van der Waals surface area (Å²) in [5, 5.41) is 9.87. The van der Waals surface area contributed by atoms with Crippen LogP contribution in [0.1, 0.15) is 30.9 Å². The topological polar surface area (TPSA) is 121 Å². The van der Waals surface area contributed by atoms with Gasteiger partial charge in [0.05, 0.1) is 37.2 Å². The van der Waals surface area contributed by atoms with E-state index in [4.69, 9.17) is 13.9 Å². The molecule has 0 aliphatic heterocycles. The minimum atomic E-state index is -3.33. The third-order valence-electron chi connectivity index (χ3n) is 4.79. The molecule has 1 heterocycles. The average Bonchev–Trinajstić information content (AvgIpc) is 3.20. The maximum Gasteiger partial charge on any atom is 0.322 e. The molecule has 0 fully saturated rings. The molecule has 9 nitrogen and oxygen atoms in total. The number of anilines is 1. The van der Waals surface area contributed by atoms with Crippen LogP contribution in [0.4, 0.5) is 6.01 Å². The molecule has 32 heavy (non-hydrogen) atoms. The van der Waals surface area contributed by atoms with Gasteiger partial charge in [-0.05, 0) is 37.6 Å². The van der Waals surface area contributed by atoms with Gasteiger partial charge < -0.3 is 13.9 Å². The van der Waals surface area contributed by atoms with Crippen molar-refractivity contribution in [2.75, 3.05) is 19.5 Å². The molecule has 2 aromatic carbocycles. The third kappa shape index (κ3) is 5.44. The summed E-state index contributed by atoms with van der Waals surface area (Å²) < 4.78 is 40.4. The van der Waals surface area contributed by atoms with E-state index in [1.54, 1.807) is 63.4 Å². The number of hydrogen-bond acceptors (Lipinski definition) is 8. The van der Waals surface area contributed by atoms with Crippen molar-refractivity contribution in [3.05, 3.63) is 59.5 Å². The Morgan fingerprint density at radius 3 is 2.41 bits per heavy atom. The molecule has 0 unspecified atom stereocenters. The average molecular weight is 460 g/mol. The van der Waals surface area contributed by atoms with Crippen LogP contribution < -0.4 is 14.8 Å². The number of carbonyl (C=O) groups excluding carboxylic acids is 1. The molecule has 10 heteroatoms. The van der Waals surface area contributed by atoms with E-state index in [2.05, 4.69) is 15.5 Å². The lowest BCUT2D eigenvalue weighted by molar-refractivity contribution is -0.115. The van der Waals surface area contributed by atoms with Gasteiger partial charge in [-0.25, -0.2) is 8.42 Å². The van der Waals surface area contributed by atoms with Crippen molar-refractivity contribution in [3.8, 4) is 11.5 Å². The molecule has 3 aromatic rings. The lowest BCUT2D eigenvalue weighted by Gasteiger charge is -2.09. The fourth-order valence-corrected chi connectivity index (χ4v) is 4.01. The molecule has 1 amide bonds. The molecule has 0 aliphatic rings. The van der Waals surface area contributed by atoms with Crippen molar-refractivity contribution in [2.24, 2.45) is 0 Å². The molecule has 170 valence electrons. The van der Waals surface area contributed by atoms with Crippen molar-refractivity contribution in [2.45, 2.75) is 36.8 Å². The third-order valence-corrected chi connectivity index (χ3v) is 6.96. The zero-order chi connectivity index (χ0) is 23.3. The van der Waals surface area contributed by atoms with Crippen LogP contribution in [0.3, 0.4) is 0 Å². The van der Waals surface area contributed by atoms with Crippen molar-refractivity contribution in [3.63, 3.8) is 0 Å². The largest absolute Gasteiger partial charge is 0.497 e. The Morgan fingerprint density at radius 2 is 1.78 bits per heavy atom. The lowest BCUT2D eigenvalue weighted by atomic mass is 10.1. The Balaban J connectivity index is 1.62. The van der Waals surface area contributed by atoms with Gasteiger partial charge in [0.25, 0.3) is 0 Å². The molecule has 0 spiro atoms. The van der Waals surface area contributed by atoms with Crippen molar-refractivity contribution in [1.29, 1.82) is 0 Å². The minimum Gasteiger partial charge on any atom is -0.497 e. The first-order chi connectivity index (χ1) is 15.2. The molecule has 1 aromatic heterocycles. The number of nitrogens with zero attached hydrogens (tertiary/aromatic N) is 2. The highest BCUT2D eigenvalue weighted by atomic mass is 32.2. The fraction of sp³-hybridized carbons (Fsp3) is 0.318. The number of benzene rings is 2. The summed E-state index contributed by atoms with van der Waals surface area (Å²) in [5.41, 5.74) is 1.49. The molecular weight excluding hydrogens is 434 g/mol. The van der Waals surface area contributed by atoms with Crippen LogP contribution in [0.2, 0.25) is 0 Å². The SMILES string of the molecule is COc1ccc(CC(=O)Nc2nnc(Cc3ccc(S(=O)(=O)C(C)C)cc3)o2)c(OC)c1. The van der Waals surface area contributed by atoms with Crippen LogP contribution in [0.15, 0.2) is 51.8 Å². The van der Waals surface area contributed by atoms with Gasteiger partial charge in [0.15, 0.2) is 9.84 Å². The number of hydrogen-bond donors (Lipinski definition) is 1. The van der Waals surface area contributed by atoms with Crippen LogP contribution in [0, 0.1) is 0 Å². The molecule has 1 N–H and O–H groups in total. The highest BCUT2D eigenvalue weighted by Crippen LogP contribution is 2.25. The summed E-state index contributed by atoms with van der Waals surface area (Å²) in [7, 11) is -0.255. The van der Waals surface area contributed by atoms with E-state index in [9.17, 15) is 13.2 Å². The lowest BCUT2D eigenvalue weighted by Crippen LogP contribution is -2.15. The number of rotatable bonds is 9. The van der Waals surface area contributed by atoms with E-state index >= 15 is 0 Å². The monoisotopic (exact) mass is 459 g/mol. The maximum atomic E-state index is 12.4. The Kier molecular flexibility index (Phi) is 7.14. The first-order valence-electron chi connectivity index (χ1n) is 9.89. The minimum absolute atomic E-state index is 0.0171. The van der Waals surface area contributed by atoms with Gasteiger partial charge in [0.1, 0.15) is 11.5 Å². The summed E-state index contributed by atoms with van der Waals surface area (Å²) in [5.74, 6) is 1.12. The standard InChI is InChI=1S/C22H25N3O6S/c1-14(2)32(27,28)18-9-5-15(6-10-18)11-21-24-25-22(31-21)23-20(26)12-16-7-8-17(29-3)13-19(16)30-4/h5-10,13-14H,11-12H2,1-4H3,(H,23,25,26). The van der Waals surface area contributed by atoms with Gasteiger partial charge in [-0.15, -0.1) is 5.10 Å². The van der Waals surface area contributed by atoms with Crippen LogP contribution >= 0.6 is 0 Å². The summed E-state index contributed by atoms with van der Waals surface area (Å²) in [6, 6.07) is 11.7. The molecule has 0 bridgehead atoms. The zero-order valence-corrected chi connectivity index (χ0v) is 19.1. The van der Waals surface area contributed by atoms with Crippen molar-refractivity contribution < 1.29 is 27.1 Å². The number of methoxy groups -OCH3 is 2. The van der Waals surface area contributed by atoms with Gasteiger partial charge in [0.2, 0.25) is 11.8 Å². The molecule has 0 saturated heterocycles. The Labute approximate surface area is 186 Å². The predicted molar refractivity (Wildman–Crippen MR) is 118 cm³/mol. The van der Waals surface area contributed by atoms with Gasteiger partial charge in [-0.2, -0.15) is 0 Å². The summed E-state index contributed by atoms with van der Waals surface area (Å²) in [4.78, 5) is 12.6. The van der Waals surface area contributed by atoms with E-state index in [0.717, 1.165) is 5.56 Å². The predicted octanol–water partition coefficient (Wildman–Crippen LogP) is 3.04. The van der Waals surface area contributed by atoms with Gasteiger partial charge >= 0.3 is 6.01 Å². The quantitative estimate of drug-likeness (QED) is 0.518. The Morgan fingerprint density at radius 1 is 1.06 bits per heavy atom. The Bertz CT molecular complexity index is 1190. The van der Waals surface area contributed by atoms with E-state index in [-0.39, 0.29) is 23.2 Å². The van der Waals surface area contributed by atoms with Crippen LogP contribution in [-0.2, 0) is 27.5 Å². The number of nitrogens with one attached hydrogen (secondary N) is 1. The number of carbonyl (C=O) groups is 1. The van der Waals surface area contributed by atoms with Crippen molar-refractivity contribution >= 4 is 21.8 Å². The Hall–Kier alpha value is -3.40. The van der Waals surface area contributed by atoms with Crippen molar-refractivity contribution in [1.82, 2.24) is 10.2 Å². The van der Waals surface area contributed by atoms with Crippen LogP contribution in [-0.4, -0.2) is 44.0 Å². The summed E-state index contributed by atoms with van der Waals surface area (Å²) in [6.45, 7) is 3.28. The molecule has 0 atom stereocenters. The van der Waals surface area contributed by atoms with E-state index in [1.165, 1.54) is 7.11 Å². The highest BCUT2D eigenvalue weighted by Gasteiger charge is 2.19. The normalized spacial score (nSPS) is 11.4. The second-order valence-electron chi connectivity index (χ2n) is 7.32. The first-order valence-corrected chi connectivity index (χ1v) is 11.4. The second kappa shape index (κ2) is 9.82. The van der Waals surface area contributed by atoms with Gasteiger partial charge in [-0.1, -0.05) is 23.3 Å². The molecule has 0 aliphatic carbocycles. The fourth-order valence-electron chi connectivity index (χ4n) is 2.95. The molecule has 3 rings (SSSR count). The maximum absolute atomic E-state index is 12.4. The van der Waals surface area contributed by atoms with E-state index in [0.29, 0.717) is 29.4 Å². The summed E-state index contributed by atoms with van der Waals surface area (Å²) in [6.07, 6.45) is 0.355. The summed E-state index contributed by atoms with van der Waals surface area (Å²) >= 11 is 0. The van der Waals surface area contributed by atoms with E-state index < -0.39 is 15.1 Å². The first kappa shape index (κ1) is 23.3. The number of amides is 1. The molecular formula is C22H25N3O6S. The van der Waals surface area contributed by atoms with Crippen LogP contribution in [0.25, 0.3) is 0 Å². The van der Waals surface area contributed by atoms with Gasteiger partial charge in [-0.3, -0.25) is 10.1 Å². The zero-order valence-electron chi connectivity index (χ0n) is 18.3. The van der Waals surface area contributed by atoms with Crippen LogP contribution in [0.5, 0.6) is 11.5 Å². The highest BCUT2D eigenvalue weighted by molar-refractivity contribution is 7.92. The van der Waals surface area contributed by atoms with Gasteiger partial charge in [0, 0.05) is 11.6 Å². The molecule has 0 saturated carbocycles. The van der Waals surface area contributed by atoms with E-state index in [1.807, 2.05) is 0 Å². The second-order valence-corrected chi connectivity index (χ2v) is 9.82. The number of ether oxygens (including phenoxy) is 2. The smallest absolute Gasteiger partial charge is 0.322 e. The number of sulfone groups is 1.